The summed E-state index contributed by atoms with van der Waals surface area (Å²) in [5, 5.41) is 0. The molecule has 0 fully saturated rings. The summed E-state index contributed by atoms with van der Waals surface area (Å²) in [6, 6.07) is 7.89. The Balaban J connectivity index is 2.88. The smallest absolute Gasteiger partial charge is 0.122 e. The molecule has 9 heavy (non-hydrogen) atoms. The van der Waals surface area contributed by atoms with Gasteiger partial charge in [0.2, 0.25) is 0 Å². The van der Waals surface area contributed by atoms with Crippen molar-refractivity contribution in [1.82, 2.24) is 0 Å². The molecule has 0 N–H and O–H groups in total. The predicted molar refractivity (Wildman–Crippen MR) is 41.5 cm³/mol. The van der Waals surface area contributed by atoms with Gasteiger partial charge in [-0.15, -0.1) is 0 Å². The minimum atomic E-state index is 0.880. The lowest BCUT2D eigenvalue weighted by molar-refractivity contribution is 0.646. The summed E-state index contributed by atoms with van der Waals surface area (Å²) in [6.45, 7) is 2.05. The molecule has 1 nitrogen and oxygen atoms in total. The monoisotopic (exact) mass is 140 g/mol. The van der Waals surface area contributed by atoms with Crippen LogP contribution in [0.25, 0.3) is 0 Å². The van der Waals surface area contributed by atoms with Crippen LogP contribution in [0.3, 0.4) is 0 Å². The van der Waals surface area contributed by atoms with Gasteiger partial charge in [-0.2, -0.15) is 0 Å². The van der Waals surface area contributed by atoms with Crippen LogP contribution in [0.4, 0.5) is 0 Å². The van der Waals surface area contributed by atoms with Crippen LogP contribution in [-0.2, 0) is 0 Å². The van der Waals surface area contributed by atoms with Crippen LogP contribution in [-0.4, -0.2) is 0 Å². The molecule has 0 saturated heterocycles. The van der Waals surface area contributed by atoms with Crippen molar-refractivity contribution < 1.29 is 4.52 Å². The summed E-state index contributed by atoms with van der Waals surface area (Å²) in [6.07, 6.45) is 0. The molecule has 1 rings (SSSR count). The molecule has 2 heteroatoms. The minimum absolute atomic E-state index is 0.880. The van der Waals surface area contributed by atoms with Crippen LogP contribution in [0.1, 0.15) is 5.56 Å². The Hall–Kier alpha value is -0.550. The molecule has 0 spiro atoms. The maximum atomic E-state index is 4.89. The van der Waals surface area contributed by atoms with Crippen molar-refractivity contribution in [3.8, 4) is 5.75 Å². The first-order valence-corrected chi connectivity index (χ1v) is 3.23. The van der Waals surface area contributed by atoms with Crippen LogP contribution in [0.15, 0.2) is 24.3 Å². The Morgan fingerprint density at radius 3 is 2.22 bits per heavy atom. The van der Waals surface area contributed by atoms with Crippen LogP contribution in [0.2, 0.25) is 0 Å². The van der Waals surface area contributed by atoms with Crippen LogP contribution >= 0.6 is 9.47 Å². The highest BCUT2D eigenvalue weighted by atomic mass is 31.0. The Morgan fingerprint density at radius 2 is 1.78 bits per heavy atom. The average Bonchev–Trinajstić information content (AvgIpc) is 1.90. The molecule has 0 bridgehead atoms. The van der Waals surface area contributed by atoms with Gasteiger partial charge in [0.05, 0.1) is 9.47 Å². The van der Waals surface area contributed by atoms with Gasteiger partial charge in [0, 0.05) is 0 Å². The van der Waals surface area contributed by atoms with E-state index in [1.165, 1.54) is 5.56 Å². The Kier molecular flexibility index (Phi) is 2.07. The zero-order valence-electron chi connectivity index (χ0n) is 5.29. The van der Waals surface area contributed by atoms with Gasteiger partial charge >= 0.3 is 0 Å². The first-order chi connectivity index (χ1) is 4.33. The summed E-state index contributed by atoms with van der Waals surface area (Å²) >= 11 is 0. The SMILES string of the molecule is Cc1ccc(OP)cc1. The number of rotatable bonds is 1. The molecule has 0 saturated carbocycles. The molecule has 1 unspecified atom stereocenters. The highest BCUT2D eigenvalue weighted by Gasteiger charge is 1.85. The second-order valence-corrected chi connectivity index (χ2v) is 2.17. The molecule has 0 aliphatic carbocycles. The fraction of sp³-hybridized carbons (Fsp3) is 0.143. The van der Waals surface area contributed by atoms with Crippen molar-refractivity contribution >= 4 is 9.47 Å². The Bertz CT molecular complexity index is 181. The molecular formula is C7H9OP. The third kappa shape index (κ3) is 1.69. The molecular weight excluding hydrogens is 131 g/mol. The molecule has 0 heterocycles. The van der Waals surface area contributed by atoms with Crippen LogP contribution < -0.4 is 4.52 Å². The summed E-state index contributed by atoms with van der Waals surface area (Å²) in [4.78, 5) is 0. The molecule has 0 radical (unpaired) electrons. The zero-order valence-corrected chi connectivity index (χ0v) is 6.45. The van der Waals surface area contributed by atoms with Crippen molar-refractivity contribution in [1.29, 1.82) is 0 Å². The molecule has 0 aromatic heterocycles. The number of hydrogen-bond acceptors (Lipinski definition) is 1. The van der Waals surface area contributed by atoms with Gasteiger partial charge in [-0.05, 0) is 19.1 Å². The third-order valence-corrected chi connectivity index (χ3v) is 1.43. The second kappa shape index (κ2) is 2.84. The maximum Gasteiger partial charge on any atom is 0.122 e. The van der Waals surface area contributed by atoms with E-state index in [1.54, 1.807) is 0 Å². The number of aryl methyl sites for hydroxylation is 1. The van der Waals surface area contributed by atoms with Crippen molar-refractivity contribution in [2.75, 3.05) is 0 Å². The summed E-state index contributed by atoms with van der Waals surface area (Å²) < 4.78 is 4.89. The summed E-state index contributed by atoms with van der Waals surface area (Å²) in [5.41, 5.74) is 1.25. The van der Waals surface area contributed by atoms with Gasteiger partial charge in [-0.1, -0.05) is 17.7 Å². The largest absolute Gasteiger partial charge is 0.480 e. The van der Waals surface area contributed by atoms with Crippen LogP contribution in [0, 0.1) is 6.92 Å². The van der Waals surface area contributed by atoms with E-state index in [1.807, 2.05) is 31.2 Å². The normalized spacial score (nSPS) is 9.11. The van der Waals surface area contributed by atoms with E-state index in [-0.39, 0.29) is 0 Å². The first kappa shape index (κ1) is 6.57. The van der Waals surface area contributed by atoms with E-state index in [0.29, 0.717) is 0 Å². The van der Waals surface area contributed by atoms with E-state index in [2.05, 4.69) is 9.47 Å². The fourth-order valence-electron chi connectivity index (χ4n) is 0.617. The van der Waals surface area contributed by atoms with Gasteiger partial charge in [-0.3, -0.25) is 0 Å². The number of benzene rings is 1. The zero-order chi connectivity index (χ0) is 6.69. The van der Waals surface area contributed by atoms with E-state index < -0.39 is 0 Å². The lowest BCUT2D eigenvalue weighted by atomic mass is 10.2. The second-order valence-electron chi connectivity index (χ2n) is 1.93. The Labute approximate surface area is 57.3 Å². The lowest BCUT2D eigenvalue weighted by Crippen LogP contribution is -1.73. The van der Waals surface area contributed by atoms with E-state index in [9.17, 15) is 0 Å². The van der Waals surface area contributed by atoms with Crippen molar-refractivity contribution in [2.24, 2.45) is 0 Å². The van der Waals surface area contributed by atoms with Crippen molar-refractivity contribution in [3.05, 3.63) is 29.8 Å². The molecule has 0 aliphatic rings. The highest BCUT2D eigenvalue weighted by Crippen LogP contribution is 2.12. The molecule has 48 valence electrons. The molecule has 0 amide bonds. The summed E-state index contributed by atoms with van der Waals surface area (Å²) in [7, 11) is 2.21. The summed E-state index contributed by atoms with van der Waals surface area (Å²) in [5.74, 6) is 0.880. The Morgan fingerprint density at radius 1 is 1.22 bits per heavy atom. The molecule has 1 atom stereocenters. The maximum absolute atomic E-state index is 4.89. The third-order valence-electron chi connectivity index (χ3n) is 1.16. The van der Waals surface area contributed by atoms with E-state index in [4.69, 9.17) is 4.52 Å². The average molecular weight is 140 g/mol. The van der Waals surface area contributed by atoms with Gasteiger partial charge in [0.25, 0.3) is 0 Å². The van der Waals surface area contributed by atoms with E-state index in [0.717, 1.165) is 5.75 Å². The van der Waals surface area contributed by atoms with E-state index >= 15 is 0 Å². The number of hydrogen-bond donors (Lipinski definition) is 0. The highest BCUT2D eigenvalue weighted by molar-refractivity contribution is 7.10. The quantitative estimate of drug-likeness (QED) is 0.543. The minimum Gasteiger partial charge on any atom is -0.480 e. The molecule has 1 aromatic carbocycles. The predicted octanol–water partition coefficient (Wildman–Crippen LogP) is 2.16. The standard InChI is InChI=1S/C7H9OP/c1-6-2-4-7(8-9)5-3-6/h2-5H,9H2,1H3. The fourth-order valence-corrected chi connectivity index (χ4v) is 0.774. The van der Waals surface area contributed by atoms with Crippen molar-refractivity contribution in [3.63, 3.8) is 0 Å². The van der Waals surface area contributed by atoms with Gasteiger partial charge in [0.15, 0.2) is 0 Å². The van der Waals surface area contributed by atoms with Crippen LogP contribution in [0.5, 0.6) is 5.75 Å². The van der Waals surface area contributed by atoms with Gasteiger partial charge in [0.1, 0.15) is 5.75 Å². The molecule has 0 aliphatic heterocycles. The van der Waals surface area contributed by atoms with Gasteiger partial charge in [-0.25, -0.2) is 0 Å². The lowest BCUT2D eigenvalue weighted by Gasteiger charge is -1.96. The topological polar surface area (TPSA) is 9.23 Å². The van der Waals surface area contributed by atoms with Gasteiger partial charge < -0.3 is 4.52 Å². The molecule has 1 aromatic rings. The first-order valence-electron chi connectivity index (χ1n) is 2.76. The van der Waals surface area contributed by atoms with Crippen molar-refractivity contribution in [2.45, 2.75) is 6.92 Å².